The number of rotatable bonds is 1. The lowest BCUT2D eigenvalue weighted by atomic mass is 9.90. The van der Waals surface area contributed by atoms with Crippen molar-refractivity contribution in [2.24, 2.45) is 0 Å². The van der Waals surface area contributed by atoms with E-state index >= 15 is 0 Å². The highest BCUT2D eigenvalue weighted by atomic mass is 35.5. The molecule has 1 atom stereocenters. The summed E-state index contributed by atoms with van der Waals surface area (Å²) in [6, 6.07) is 5.68. The molecule has 3 rings (SSSR count). The van der Waals surface area contributed by atoms with Gasteiger partial charge in [0.2, 0.25) is 5.95 Å². The summed E-state index contributed by atoms with van der Waals surface area (Å²) in [5.41, 5.74) is 6.76. The minimum Gasteiger partial charge on any atom is -0.366 e. The number of halogens is 2. The lowest BCUT2D eigenvalue weighted by Crippen LogP contribution is -2.19. The molecule has 0 fully saturated rings. The van der Waals surface area contributed by atoms with Gasteiger partial charge in [-0.15, -0.1) is 5.10 Å². The molecule has 2 N–H and O–H groups in total. The van der Waals surface area contributed by atoms with Crippen LogP contribution in [0.3, 0.4) is 0 Å². The fourth-order valence-corrected chi connectivity index (χ4v) is 2.96. The smallest absolute Gasteiger partial charge is 0.239 e. The first-order valence-corrected chi connectivity index (χ1v) is 6.52. The van der Waals surface area contributed by atoms with Crippen LogP contribution in [0.25, 0.3) is 0 Å². The van der Waals surface area contributed by atoms with Gasteiger partial charge in [-0.3, -0.25) is 0 Å². The van der Waals surface area contributed by atoms with E-state index < -0.39 is 0 Å². The molecule has 18 heavy (non-hydrogen) atoms. The van der Waals surface area contributed by atoms with Gasteiger partial charge in [0.05, 0.1) is 0 Å². The lowest BCUT2D eigenvalue weighted by Gasteiger charge is -2.22. The monoisotopic (exact) mass is 282 g/mol. The van der Waals surface area contributed by atoms with Crippen LogP contribution >= 0.6 is 23.2 Å². The Morgan fingerprint density at radius 1 is 1.22 bits per heavy atom. The molecule has 0 saturated carbocycles. The van der Waals surface area contributed by atoms with Crippen LogP contribution in [0.1, 0.15) is 23.7 Å². The van der Waals surface area contributed by atoms with Crippen molar-refractivity contribution in [2.45, 2.75) is 25.3 Å². The molecule has 4 nitrogen and oxygen atoms in total. The number of aromatic nitrogens is 3. The molecular weight excluding hydrogens is 271 g/mol. The number of nitrogen functional groups attached to an aromatic ring is 1. The third kappa shape index (κ3) is 2.18. The number of nitrogens with two attached hydrogens (primary N) is 1. The van der Waals surface area contributed by atoms with Crippen molar-refractivity contribution >= 4 is 29.2 Å². The molecule has 0 aliphatic carbocycles. The maximum Gasteiger partial charge on any atom is 0.239 e. The fraction of sp³-hybridized carbons (Fsp3) is 0.333. The Morgan fingerprint density at radius 3 is 2.67 bits per heavy atom. The second-order valence-corrected chi connectivity index (χ2v) is 5.37. The summed E-state index contributed by atoms with van der Waals surface area (Å²) in [6.45, 7) is 0.828. The van der Waals surface area contributed by atoms with Gasteiger partial charge in [0, 0.05) is 23.0 Å². The highest BCUT2D eigenvalue weighted by Crippen LogP contribution is 2.32. The average Bonchev–Trinajstić information content (AvgIpc) is 2.66. The standard InChI is InChI=1S/C12H12Cl2N4/c13-9-3-8(4-10(14)6-9)7-1-2-18-11(5-7)16-12(15)17-18/h3-4,6-7H,1-2,5H2,(H2,15,17). The van der Waals surface area contributed by atoms with Gasteiger partial charge in [-0.05, 0) is 36.1 Å². The highest BCUT2D eigenvalue weighted by molar-refractivity contribution is 6.34. The normalized spacial score (nSPS) is 18.7. The van der Waals surface area contributed by atoms with E-state index in [1.807, 2.05) is 16.8 Å². The minimum absolute atomic E-state index is 0.342. The van der Waals surface area contributed by atoms with Crippen molar-refractivity contribution in [3.63, 3.8) is 0 Å². The van der Waals surface area contributed by atoms with Crippen LogP contribution < -0.4 is 5.73 Å². The van der Waals surface area contributed by atoms with Crippen molar-refractivity contribution in [2.75, 3.05) is 5.73 Å². The van der Waals surface area contributed by atoms with Gasteiger partial charge in [-0.2, -0.15) is 4.98 Å². The van der Waals surface area contributed by atoms with E-state index in [2.05, 4.69) is 10.1 Å². The number of hydrogen-bond acceptors (Lipinski definition) is 3. The van der Waals surface area contributed by atoms with Crippen LogP contribution in [0, 0.1) is 0 Å². The number of aryl methyl sites for hydroxylation is 1. The summed E-state index contributed by atoms with van der Waals surface area (Å²) in [5.74, 6) is 1.65. The first kappa shape index (κ1) is 11.8. The van der Waals surface area contributed by atoms with Crippen molar-refractivity contribution < 1.29 is 0 Å². The molecule has 2 heterocycles. The number of fused-ring (bicyclic) bond motifs is 1. The average molecular weight is 283 g/mol. The summed E-state index contributed by atoms with van der Waals surface area (Å²) in [7, 11) is 0. The van der Waals surface area contributed by atoms with Crippen LogP contribution in [0.15, 0.2) is 18.2 Å². The number of anilines is 1. The third-order valence-electron chi connectivity index (χ3n) is 3.24. The second kappa shape index (κ2) is 4.44. The Kier molecular flexibility index (Phi) is 2.92. The van der Waals surface area contributed by atoms with Crippen LogP contribution in [0.5, 0.6) is 0 Å². The van der Waals surface area contributed by atoms with E-state index in [1.54, 1.807) is 6.07 Å². The van der Waals surface area contributed by atoms with Crippen molar-refractivity contribution in [3.05, 3.63) is 39.6 Å². The number of nitrogens with zero attached hydrogens (tertiary/aromatic N) is 3. The van der Waals surface area contributed by atoms with Crippen molar-refractivity contribution in [3.8, 4) is 0 Å². The molecule has 0 saturated heterocycles. The van der Waals surface area contributed by atoms with E-state index in [0.717, 1.165) is 30.8 Å². The molecule has 0 amide bonds. The Balaban J connectivity index is 1.91. The van der Waals surface area contributed by atoms with Gasteiger partial charge < -0.3 is 5.73 Å². The Hall–Kier alpha value is -1.26. The maximum atomic E-state index is 6.04. The molecule has 94 valence electrons. The maximum absolute atomic E-state index is 6.04. The summed E-state index contributed by atoms with van der Waals surface area (Å²) in [6.07, 6.45) is 1.81. The summed E-state index contributed by atoms with van der Waals surface area (Å²) in [4.78, 5) is 4.24. The Labute approximate surface area is 115 Å². The molecule has 1 unspecified atom stereocenters. The van der Waals surface area contributed by atoms with E-state index in [4.69, 9.17) is 28.9 Å². The van der Waals surface area contributed by atoms with Gasteiger partial charge in [0.15, 0.2) is 0 Å². The Bertz CT molecular complexity index is 574. The lowest BCUT2D eigenvalue weighted by molar-refractivity contribution is 0.434. The van der Waals surface area contributed by atoms with Crippen molar-refractivity contribution in [1.82, 2.24) is 14.8 Å². The zero-order chi connectivity index (χ0) is 12.7. The zero-order valence-corrected chi connectivity index (χ0v) is 11.1. The van der Waals surface area contributed by atoms with Crippen molar-refractivity contribution in [1.29, 1.82) is 0 Å². The Morgan fingerprint density at radius 2 is 1.94 bits per heavy atom. The second-order valence-electron chi connectivity index (χ2n) is 4.50. The first-order chi connectivity index (χ1) is 8.61. The van der Waals surface area contributed by atoms with Crippen LogP contribution in [-0.2, 0) is 13.0 Å². The quantitative estimate of drug-likeness (QED) is 0.875. The topological polar surface area (TPSA) is 56.7 Å². The van der Waals surface area contributed by atoms with Gasteiger partial charge in [0.25, 0.3) is 0 Å². The molecule has 6 heteroatoms. The molecule has 0 spiro atoms. The molecular formula is C12H12Cl2N4. The summed E-state index contributed by atoms with van der Waals surface area (Å²) < 4.78 is 1.87. The summed E-state index contributed by atoms with van der Waals surface area (Å²) in [5, 5.41) is 5.49. The fourth-order valence-electron chi connectivity index (χ4n) is 2.42. The molecule has 2 aromatic rings. The van der Waals surface area contributed by atoms with E-state index in [0.29, 0.717) is 21.9 Å². The highest BCUT2D eigenvalue weighted by Gasteiger charge is 2.23. The van der Waals surface area contributed by atoms with E-state index in [-0.39, 0.29) is 0 Å². The largest absolute Gasteiger partial charge is 0.366 e. The zero-order valence-electron chi connectivity index (χ0n) is 9.61. The predicted octanol–water partition coefficient (Wildman–Crippen LogP) is 2.90. The molecule has 1 aromatic carbocycles. The first-order valence-electron chi connectivity index (χ1n) is 5.77. The van der Waals surface area contributed by atoms with E-state index in [9.17, 15) is 0 Å². The van der Waals surface area contributed by atoms with Gasteiger partial charge >= 0.3 is 0 Å². The van der Waals surface area contributed by atoms with Gasteiger partial charge in [0.1, 0.15) is 5.82 Å². The van der Waals surface area contributed by atoms with E-state index in [1.165, 1.54) is 0 Å². The number of hydrogen-bond donors (Lipinski definition) is 1. The minimum atomic E-state index is 0.342. The SMILES string of the molecule is Nc1nc2n(n1)CCC(c1cc(Cl)cc(Cl)c1)C2. The molecule has 1 aromatic heterocycles. The van der Waals surface area contributed by atoms with Crippen LogP contribution in [0.4, 0.5) is 5.95 Å². The third-order valence-corrected chi connectivity index (χ3v) is 3.68. The molecule has 1 aliphatic heterocycles. The molecule has 0 bridgehead atoms. The summed E-state index contributed by atoms with van der Waals surface area (Å²) >= 11 is 12.1. The molecule has 1 aliphatic rings. The van der Waals surface area contributed by atoms with Gasteiger partial charge in [-0.1, -0.05) is 23.2 Å². The predicted molar refractivity (Wildman–Crippen MR) is 72.0 cm³/mol. The molecule has 0 radical (unpaired) electrons. The van der Waals surface area contributed by atoms with Crippen LogP contribution in [-0.4, -0.2) is 14.8 Å². The number of benzene rings is 1. The van der Waals surface area contributed by atoms with Gasteiger partial charge in [-0.25, -0.2) is 4.68 Å². The van der Waals surface area contributed by atoms with Crippen LogP contribution in [0.2, 0.25) is 10.0 Å².